The maximum atomic E-state index is 11.5. The first kappa shape index (κ1) is 17.2. The predicted molar refractivity (Wildman–Crippen MR) is 76.0 cm³/mol. The summed E-state index contributed by atoms with van der Waals surface area (Å²) in [5.74, 6) is 0.218. The molecule has 0 saturated carbocycles. The molecule has 0 spiro atoms. The summed E-state index contributed by atoms with van der Waals surface area (Å²) in [6, 6.07) is 1.97. The Labute approximate surface area is 123 Å². The summed E-state index contributed by atoms with van der Waals surface area (Å²) in [6.45, 7) is 4.26. The molecule has 1 rings (SSSR count). The summed E-state index contributed by atoms with van der Waals surface area (Å²) in [5.41, 5.74) is -0.431. The molecule has 0 aliphatic heterocycles. The molecule has 8 nitrogen and oxygen atoms in total. The smallest absolute Gasteiger partial charge is 0.274 e. The summed E-state index contributed by atoms with van der Waals surface area (Å²) in [7, 11) is -2.93. The lowest BCUT2D eigenvalue weighted by molar-refractivity contribution is -0.385. The van der Waals surface area contributed by atoms with E-state index in [9.17, 15) is 18.5 Å². The number of nitro benzene ring substituents is 1. The highest BCUT2D eigenvalue weighted by molar-refractivity contribution is 7.89. The Morgan fingerprint density at radius 1 is 1.38 bits per heavy atom. The fraction of sp³-hybridized carbons (Fsp3) is 0.500. The van der Waals surface area contributed by atoms with E-state index >= 15 is 0 Å². The molecule has 21 heavy (non-hydrogen) atoms. The van der Waals surface area contributed by atoms with Crippen LogP contribution in [0.25, 0.3) is 0 Å². The molecule has 118 valence electrons. The number of hydrogen-bond donors (Lipinski definition) is 1. The van der Waals surface area contributed by atoms with E-state index in [1.165, 1.54) is 7.11 Å². The highest BCUT2D eigenvalue weighted by atomic mass is 32.2. The van der Waals surface area contributed by atoms with Crippen LogP contribution in [0.3, 0.4) is 0 Å². The standard InChI is InChI=1S/C12H18N2O6S/c1-8(2)4-5-20-10-6-9(14(15)16)7-11(12(10)19-3)21(13,17)18/h6-8H,4-5H2,1-3H3,(H2,13,17,18). The van der Waals surface area contributed by atoms with Crippen molar-refractivity contribution in [1.29, 1.82) is 0 Å². The van der Waals surface area contributed by atoms with Crippen molar-refractivity contribution < 1.29 is 22.8 Å². The van der Waals surface area contributed by atoms with Crippen molar-refractivity contribution in [3.05, 3.63) is 22.2 Å². The van der Waals surface area contributed by atoms with Gasteiger partial charge in [-0.2, -0.15) is 0 Å². The molecule has 1 aromatic rings. The third-order valence-corrected chi connectivity index (χ3v) is 3.60. The summed E-state index contributed by atoms with van der Waals surface area (Å²) in [4.78, 5) is 9.70. The number of sulfonamides is 1. The molecule has 0 aliphatic rings. The number of primary sulfonamides is 1. The van der Waals surface area contributed by atoms with Crippen molar-refractivity contribution in [3.63, 3.8) is 0 Å². The third-order valence-electron chi connectivity index (χ3n) is 2.68. The Bertz CT molecular complexity index is 627. The molecular weight excluding hydrogens is 300 g/mol. The Morgan fingerprint density at radius 3 is 2.43 bits per heavy atom. The summed E-state index contributed by atoms with van der Waals surface area (Å²) in [5, 5.41) is 15.9. The van der Waals surface area contributed by atoms with Crippen molar-refractivity contribution in [2.24, 2.45) is 11.1 Å². The van der Waals surface area contributed by atoms with E-state index in [0.717, 1.165) is 12.1 Å². The SMILES string of the molecule is COc1c(OCCC(C)C)cc([N+](=O)[O-])cc1S(N)(=O)=O. The average Bonchev–Trinajstić information content (AvgIpc) is 2.36. The van der Waals surface area contributed by atoms with E-state index in [-0.39, 0.29) is 18.1 Å². The number of rotatable bonds is 7. The van der Waals surface area contributed by atoms with Gasteiger partial charge in [-0.1, -0.05) is 13.8 Å². The first-order valence-corrected chi connectivity index (χ1v) is 7.73. The Morgan fingerprint density at radius 2 is 2.00 bits per heavy atom. The van der Waals surface area contributed by atoms with Crippen LogP contribution in [0.5, 0.6) is 11.5 Å². The normalized spacial score (nSPS) is 11.5. The van der Waals surface area contributed by atoms with Crippen LogP contribution in [0.2, 0.25) is 0 Å². The fourth-order valence-corrected chi connectivity index (χ4v) is 2.32. The predicted octanol–water partition coefficient (Wildman–Crippen LogP) is 1.68. The molecule has 0 fully saturated rings. The molecule has 0 heterocycles. The van der Waals surface area contributed by atoms with Crippen molar-refractivity contribution in [2.45, 2.75) is 25.2 Å². The van der Waals surface area contributed by atoms with Gasteiger partial charge in [0, 0.05) is 6.07 Å². The fourth-order valence-electron chi connectivity index (χ4n) is 1.59. The van der Waals surface area contributed by atoms with Gasteiger partial charge in [0.2, 0.25) is 10.0 Å². The van der Waals surface area contributed by atoms with Gasteiger partial charge in [0.05, 0.1) is 24.7 Å². The molecule has 9 heteroatoms. The second-order valence-corrected chi connectivity index (χ2v) is 6.34. The lowest BCUT2D eigenvalue weighted by Gasteiger charge is -2.14. The minimum atomic E-state index is -4.17. The van der Waals surface area contributed by atoms with E-state index < -0.39 is 25.5 Å². The van der Waals surface area contributed by atoms with Crippen molar-refractivity contribution in [1.82, 2.24) is 0 Å². The number of benzene rings is 1. The first-order chi connectivity index (χ1) is 9.66. The summed E-state index contributed by atoms with van der Waals surface area (Å²) in [6.07, 6.45) is 0.705. The van der Waals surface area contributed by atoms with E-state index in [0.29, 0.717) is 12.3 Å². The van der Waals surface area contributed by atoms with E-state index in [2.05, 4.69) is 0 Å². The van der Waals surface area contributed by atoms with Gasteiger partial charge < -0.3 is 9.47 Å². The quantitative estimate of drug-likeness (QED) is 0.603. The van der Waals surface area contributed by atoms with E-state index in [1.54, 1.807) is 0 Å². The van der Waals surface area contributed by atoms with Crippen LogP contribution in [0.4, 0.5) is 5.69 Å². The van der Waals surface area contributed by atoms with Gasteiger partial charge in [-0.15, -0.1) is 0 Å². The molecule has 0 radical (unpaired) electrons. The monoisotopic (exact) mass is 318 g/mol. The van der Waals surface area contributed by atoms with Crippen LogP contribution in [-0.4, -0.2) is 27.1 Å². The van der Waals surface area contributed by atoms with Crippen LogP contribution >= 0.6 is 0 Å². The highest BCUT2D eigenvalue weighted by Crippen LogP contribution is 2.37. The second kappa shape index (κ2) is 6.72. The second-order valence-electron chi connectivity index (χ2n) is 4.81. The first-order valence-electron chi connectivity index (χ1n) is 6.18. The molecule has 0 aliphatic carbocycles. The number of nitrogens with two attached hydrogens (primary N) is 1. The molecular formula is C12H18N2O6S. The summed E-state index contributed by atoms with van der Waals surface area (Å²) < 4.78 is 33.5. The molecule has 2 N–H and O–H groups in total. The van der Waals surface area contributed by atoms with Gasteiger partial charge >= 0.3 is 0 Å². The van der Waals surface area contributed by atoms with E-state index in [4.69, 9.17) is 14.6 Å². The molecule has 0 unspecified atom stereocenters. The van der Waals surface area contributed by atoms with Crippen LogP contribution in [-0.2, 0) is 10.0 Å². The number of nitro groups is 1. The van der Waals surface area contributed by atoms with Crippen LogP contribution < -0.4 is 14.6 Å². The van der Waals surface area contributed by atoms with Crippen molar-refractivity contribution in [3.8, 4) is 11.5 Å². The Hall–Kier alpha value is -1.87. The van der Waals surface area contributed by atoms with Gasteiger partial charge in [-0.3, -0.25) is 10.1 Å². The van der Waals surface area contributed by atoms with Crippen LogP contribution in [0.15, 0.2) is 17.0 Å². The van der Waals surface area contributed by atoms with Gasteiger partial charge in [0.25, 0.3) is 5.69 Å². The topological polar surface area (TPSA) is 122 Å². The number of ether oxygens (including phenoxy) is 2. The Kier molecular flexibility index (Phi) is 5.50. The molecule has 0 amide bonds. The van der Waals surface area contributed by atoms with Gasteiger partial charge in [-0.05, 0) is 12.3 Å². The van der Waals surface area contributed by atoms with Crippen molar-refractivity contribution in [2.75, 3.05) is 13.7 Å². The minimum absolute atomic E-state index is 0.0172. The molecule has 1 aromatic carbocycles. The van der Waals surface area contributed by atoms with Crippen molar-refractivity contribution >= 4 is 15.7 Å². The summed E-state index contributed by atoms with van der Waals surface area (Å²) >= 11 is 0. The maximum Gasteiger partial charge on any atom is 0.274 e. The molecule has 0 saturated heterocycles. The zero-order valence-corrected chi connectivity index (χ0v) is 12.8. The van der Waals surface area contributed by atoms with Gasteiger partial charge in [-0.25, -0.2) is 13.6 Å². The number of hydrogen-bond acceptors (Lipinski definition) is 6. The zero-order valence-electron chi connectivity index (χ0n) is 12.0. The maximum absolute atomic E-state index is 11.5. The third kappa shape index (κ3) is 4.57. The number of non-ortho nitro benzene ring substituents is 1. The minimum Gasteiger partial charge on any atom is -0.492 e. The van der Waals surface area contributed by atoms with E-state index in [1.807, 2.05) is 13.8 Å². The van der Waals surface area contributed by atoms with Gasteiger partial charge in [0.15, 0.2) is 11.5 Å². The number of nitrogens with zero attached hydrogens (tertiary/aromatic N) is 1. The van der Waals surface area contributed by atoms with Crippen LogP contribution in [0.1, 0.15) is 20.3 Å². The molecule has 0 bridgehead atoms. The highest BCUT2D eigenvalue weighted by Gasteiger charge is 2.25. The van der Waals surface area contributed by atoms with Crippen LogP contribution in [0, 0.1) is 16.0 Å². The zero-order chi connectivity index (χ0) is 16.2. The average molecular weight is 318 g/mol. The lowest BCUT2D eigenvalue weighted by Crippen LogP contribution is -2.15. The largest absolute Gasteiger partial charge is 0.492 e. The molecule has 0 aromatic heterocycles. The van der Waals surface area contributed by atoms with Gasteiger partial charge in [0.1, 0.15) is 4.90 Å². The Balaban J connectivity index is 3.32. The number of methoxy groups -OCH3 is 1. The molecule has 0 atom stereocenters. The lowest BCUT2D eigenvalue weighted by atomic mass is 10.1.